The molecule has 7 rings (SSSR count). The summed E-state index contributed by atoms with van der Waals surface area (Å²) in [6.07, 6.45) is 11.2. The lowest BCUT2D eigenvalue weighted by Gasteiger charge is -2.26. The summed E-state index contributed by atoms with van der Waals surface area (Å²) in [4.78, 5) is 24.2. The fourth-order valence-corrected chi connectivity index (χ4v) is 5.23. The molecule has 0 radical (unpaired) electrons. The number of benzene rings is 1. The van der Waals surface area contributed by atoms with Gasteiger partial charge in [-0.25, -0.2) is 19.3 Å². The summed E-state index contributed by atoms with van der Waals surface area (Å²) in [6.45, 7) is 3.20. The molecule has 0 saturated carbocycles. The molecule has 0 spiro atoms. The number of aromatic nitrogens is 7. The number of halogens is 1. The minimum atomic E-state index is -0.278. The Hall–Kier alpha value is -4.50. The molecule has 38 heavy (non-hydrogen) atoms. The standard InChI is InChI=1S/C29H25FN8/c30-22-6-4-19(5-7-22)23-8-9-32-28-25(23)34-29(35-28)26-24-13-21(16-33-27(24)37-36-26)20-12-18(14-31-15-20)17-38-10-2-1-3-11-38/h4-9,12-16H,1-3,10-11,17H2,(H,32,34,35)(H,33,36,37). The summed E-state index contributed by atoms with van der Waals surface area (Å²) >= 11 is 0. The Morgan fingerprint density at radius 2 is 1.68 bits per heavy atom. The number of nitrogens with one attached hydrogen (secondary N) is 2. The predicted octanol–water partition coefficient (Wildman–Crippen LogP) is 5.75. The number of hydrogen-bond acceptors (Lipinski definition) is 6. The number of piperidine rings is 1. The van der Waals surface area contributed by atoms with Gasteiger partial charge in [0.1, 0.15) is 17.0 Å². The van der Waals surface area contributed by atoms with Crippen LogP contribution in [0.1, 0.15) is 24.8 Å². The molecular formula is C29H25FN8. The van der Waals surface area contributed by atoms with Crippen molar-refractivity contribution in [3.8, 4) is 33.8 Å². The SMILES string of the molecule is Fc1ccc(-c2ccnc3[nH]c(-c4n[nH]c5ncc(-c6cncc(CN7CCCCC7)c6)cc45)nc23)cc1. The predicted molar refractivity (Wildman–Crippen MR) is 145 cm³/mol. The highest BCUT2D eigenvalue weighted by atomic mass is 19.1. The Bertz CT molecular complexity index is 1750. The van der Waals surface area contributed by atoms with E-state index in [2.05, 4.69) is 47.2 Å². The van der Waals surface area contributed by atoms with Crippen molar-refractivity contribution >= 4 is 22.2 Å². The second-order valence-corrected chi connectivity index (χ2v) is 9.76. The number of imidazole rings is 1. The average molecular weight is 505 g/mol. The van der Waals surface area contributed by atoms with Crippen LogP contribution < -0.4 is 0 Å². The third-order valence-electron chi connectivity index (χ3n) is 7.16. The molecule has 1 fully saturated rings. The number of likely N-dealkylation sites (tertiary alicyclic amines) is 1. The molecule has 1 aliphatic rings. The van der Waals surface area contributed by atoms with E-state index >= 15 is 0 Å². The van der Waals surface area contributed by atoms with E-state index in [0.717, 1.165) is 47.3 Å². The third-order valence-corrected chi connectivity index (χ3v) is 7.16. The number of hydrogen-bond donors (Lipinski definition) is 2. The molecule has 1 saturated heterocycles. The van der Waals surface area contributed by atoms with Crippen molar-refractivity contribution in [3.63, 3.8) is 0 Å². The van der Waals surface area contributed by atoms with Gasteiger partial charge in [-0.05, 0) is 67.4 Å². The van der Waals surface area contributed by atoms with Gasteiger partial charge in [-0.2, -0.15) is 5.10 Å². The molecule has 0 bridgehead atoms. The summed E-state index contributed by atoms with van der Waals surface area (Å²) in [6, 6.07) is 12.5. The summed E-state index contributed by atoms with van der Waals surface area (Å²) in [5.41, 5.74) is 7.59. The molecular weight excluding hydrogens is 479 g/mol. The van der Waals surface area contributed by atoms with Gasteiger partial charge in [0.15, 0.2) is 17.1 Å². The lowest BCUT2D eigenvalue weighted by molar-refractivity contribution is 0.220. The number of aromatic amines is 2. The second kappa shape index (κ2) is 9.42. The number of nitrogens with zero attached hydrogens (tertiary/aromatic N) is 6. The van der Waals surface area contributed by atoms with Gasteiger partial charge in [0.2, 0.25) is 0 Å². The van der Waals surface area contributed by atoms with E-state index in [1.807, 2.05) is 24.7 Å². The van der Waals surface area contributed by atoms with Crippen LogP contribution in [0.2, 0.25) is 0 Å². The van der Waals surface area contributed by atoms with Gasteiger partial charge in [-0.3, -0.25) is 15.0 Å². The first-order chi connectivity index (χ1) is 18.7. The molecule has 5 aromatic heterocycles. The molecule has 8 nitrogen and oxygen atoms in total. The minimum Gasteiger partial charge on any atom is -0.321 e. The maximum atomic E-state index is 13.5. The number of pyridine rings is 3. The summed E-state index contributed by atoms with van der Waals surface area (Å²) in [7, 11) is 0. The van der Waals surface area contributed by atoms with E-state index in [-0.39, 0.29) is 5.82 Å². The second-order valence-electron chi connectivity index (χ2n) is 9.76. The Labute approximate surface area is 218 Å². The maximum Gasteiger partial charge on any atom is 0.161 e. The first-order valence-corrected chi connectivity index (χ1v) is 12.8. The van der Waals surface area contributed by atoms with Crippen LogP contribution in [0.5, 0.6) is 0 Å². The molecule has 0 atom stereocenters. The van der Waals surface area contributed by atoms with Gasteiger partial charge < -0.3 is 4.98 Å². The summed E-state index contributed by atoms with van der Waals surface area (Å²) < 4.78 is 13.5. The number of H-pyrrole nitrogens is 2. The zero-order valence-electron chi connectivity index (χ0n) is 20.7. The molecule has 0 aliphatic carbocycles. The van der Waals surface area contributed by atoms with Crippen LogP contribution >= 0.6 is 0 Å². The lowest BCUT2D eigenvalue weighted by Crippen LogP contribution is -2.29. The maximum absolute atomic E-state index is 13.5. The Morgan fingerprint density at radius 1 is 0.842 bits per heavy atom. The van der Waals surface area contributed by atoms with Crippen LogP contribution in [-0.2, 0) is 6.54 Å². The van der Waals surface area contributed by atoms with Crippen molar-refractivity contribution in [1.82, 2.24) is 40.0 Å². The van der Waals surface area contributed by atoms with Gasteiger partial charge >= 0.3 is 0 Å². The Morgan fingerprint density at radius 3 is 2.55 bits per heavy atom. The molecule has 1 aromatic carbocycles. The monoisotopic (exact) mass is 504 g/mol. The molecule has 188 valence electrons. The first kappa shape index (κ1) is 22.7. The van der Waals surface area contributed by atoms with Gasteiger partial charge in [-0.15, -0.1) is 0 Å². The zero-order chi connectivity index (χ0) is 25.5. The van der Waals surface area contributed by atoms with Crippen molar-refractivity contribution in [2.75, 3.05) is 13.1 Å². The van der Waals surface area contributed by atoms with Crippen LogP contribution in [-0.4, -0.2) is 53.1 Å². The largest absolute Gasteiger partial charge is 0.321 e. The first-order valence-electron chi connectivity index (χ1n) is 12.8. The van der Waals surface area contributed by atoms with Crippen LogP contribution in [0.25, 0.3) is 56.0 Å². The van der Waals surface area contributed by atoms with E-state index in [9.17, 15) is 4.39 Å². The molecule has 1 aliphatic heterocycles. The lowest BCUT2D eigenvalue weighted by atomic mass is 10.1. The van der Waals surface area contributed by atoms with E-state index in [1.165, 1.54) is 37.0 Å². The third kappa shape index (κ3) is 4.20. The van der Waals surface area contributed by atoms with E-state index < -0.39 is 0 Å². The van der Waals surface area contributed by atoms with Gasteiger partial charge in [0.05, 0.1) is 5.39 Å². The van der Waals surface area contributed by atoms with E-state index in [4.69, 9.17) is 4.98 Å². The average Bonchev–Trinajstić information content (AvgIpc) is 3.58. The van der Waals surface area contributed by atoms with Crippen molar-refractivity contribution in [3.05, 3.63) is 78.6 Å². The highest BCUT2D eigenvalue weighted by molar-refractivity contribution is 5.96. The fourth-order valence-electron chi connectivity index (χ4n) is 5.23. The van der Waals surface area contributed by atoms with Gasteiger partial charge in [0.25, 0.3) is 0 Å². The van der Waals surface area contributed by atoms with Crippen LogP contribution in [0.15, 0.2) is 67.3 Å². The van der Waals surface area contributed by atoms with Gasteiger partial charge in [-0.1, -0.05) is 18.6 Å². The minimum absolute atomic E-state index is 0.278. The normalized spacial score (nSPS) is 14.4. The topological polar surface area (TPSA) is 99.3 Å². The van der Waals surface area contributed by atoms with Gasteiger partial charge in [0, 0.05) is 48.0 Å². The smallest absolute Gasteiger partial charge is 0.161 e. The molecule has 0 unspecified atom stereocenters. The van der Waals surface area contributed by atoms with Crippen LogP contribution in [0.4, 0.5) is 4.39 Å². The molecule has 9 heteroatoms. The molecule has 2 N–H and O–H groups in total. The van der Waals surface area contributed by atoms with Crippen LogP contribution in [0.3, 0.4) is 0 Å². The van der Waals surface area contributed by atoms with Crippen molar-refractivity contribution in [2.45, 2.75) is 25.8 Å². The van der Waals surface area contributed by atoms with Crippen molar-refractivity contribution in [1.29, 1.82) is 0 Å². The molecule has 0 amide bonds. The Kier molecular flexibility index (Phi) is 5.62. The zero-order valence-corrected chi connectivity index (χ0v) is 20.7. The van der Waals surface area contributed by atoms with E-state index in [1.54, 1.807) is 18.3 Å². The van der Waals surface area contributed by atoms with Crippen molar-refractivity contribution < 1.29 is 4.39 Å². The Balaban J connectivity index is 1.25. The molecule has 6 heterocycles. The van der Waals surface area contributed by atoms with Crippen molar-refractivity contribution in [2.24, 2.45) is 0 Å². The highest BCUT2D eigenvalue weighted by Gasteiger charge is 2.17. The summed E-state index contributed by atoms with van der Waals surface area (Å²) in [5, 5.41) is 8.40. The molecule has 6 aromatic rings. The van der Waals surface area contributed by atoms with Crippen LogP contribution in [0, 0.1) is 5.82 Å². The number of rotatable bonds is 5. The highest BCUT2D eigenvalue weighted by Crippen LogP contribution is 2.32. The number of fused-ring (bicyclic) bond motifs is 2. The fraction of sp³-hybridized carbons (Fsp3) is 0.207. The van der Waals surface area contributed by atoms with E-state index in [0.29, 0.717) is 28.3 Å². The quantitative estimate of drug-likeness (QED) is 0.310. The summed E-state index contributed by atoms with van der Waals surface area (Å²) in [5.74, 6) is 0.310.